The summed E-state index contributed by atoms with van der Waals surface area (Å²) >= 11 is 0. The second-order valence-corrected chi connectivity index (χ2v) is 5.34. The molecule has 2 N–H and O–H groups in total. The minimum atomic E-state index is 0.0827. The first-order valence-corrected chi connectivity index (χ1v) is 6.90. The number of hydrogen-bond acceptors (Lipinski definition) is 2. The van der Waals surface area contributed by atoms with Crippen molar-refractivity contribution >= 4 is 5.69 Å². The van der Waals surface area contributed by atoms with Gasteiger partial charge in [0.15, 0.2) is 0 Å². The lowest BCUT2D eigenvalue weighted by Crippen LogP contribution is -2.14. The fourth-order valence-corrected chi connectivity index (χ4v) is 2.52. The number of rotatable bonds is 3. The van der Waals surface area contributed by atoms with Crippen LogP contribution in [0.5, 0.6) is 0 Å². The fourth-order valence-electron chi connectivity index (χ4n) is 2.52. The zero-order valence-corrected chi connectivity index (χ0v) is 11.5. The Morgan fingerprint density at radius 2 is 1.78 bits per heavy atom. The molecule has 0 fully saturated rings. The second kappa shape index (κ2) is 6.05. The van der Waals surface area contributed by atoms with Crippen LogP contribution in [0.2, 0.25) is 0 Å². The standard InChI is InChI=1S/C16H24N2/c1-18(2)15-11-9-14(10-12-15)16(17)13-7-5-3-4-6-8-13/h7,9-12,16H,3-6,8,17H2,1-2H3. The van der Waals surface area contributed by atoms with Gasteiger partial charge in [0.2, 0.25) is 0 Å². The third kappa shape index (κ3) is 3.14. The van der Waals surface area contributed by atoms with Crippen molar-refractivity contribution in [3.05, 3.63) is 41.5 Å². The molecule has 18 heavy (non-hydrogen) atoms. The number of hydrogen-bond donors (Lipinski definition) is 1. The maximum atomic E-state index is 6.38. The van der Waals surface area contributed by atoms with Gasteiger partial charge in [0.25, 0.3) is 0 Å². The van der Waals surface area contributed by atoms with Crippen molar-refractivity contribution in [3.63, 3.8) is 0 Å². The van der Waals surface area contributed by atoms with E-state index in [2.05, 4.69) is 49.3 Å². The number of anilines is 1. The summed E-state index contributed by atoms with van der Waals surface area (Å²) in [5.41, 5.74) is 10.3. The molecule has 0 aliphatic heterocycles. The first kappa shape index (κ1) is 13.2. The molecule has 0 bridgehead atoms. The molecule has 0 amide bonds. The van der Waals surface area contributed by atoms with Gasteiger partial charge in [-0.15, -0.1) is 0 Å². The normalized spacial score (nSPS) is 17.8. The Labute approximate surface area is 110 Å². The summed E-state index contributed by atoms with van der Waals surface area (Å²) in [7, 11) is 4.12. The first-order chi connectivity index (χ1) is 8.68. The van der Waals surface area contributed by atoms with Crippen LogP contribution in [0.3, 0.4) is 0 Å². The van der Waals surface area contributed by atoms with Crippen molar-refractivity contribution in [1.82, 2.24) is 0 Å². The predicted octanol–water partition coefficient (Wildman–Crippen LogP) is 3.64. The lowest BCUT2D eigenvalue weighted by atomic mass is 9.96. The Morgan fingerprint density at radius 3 is 2.44 bits per heavy atom. The third-order valence-corrected chi connectivity index (χ3v) is 3.74. The SMILES string of the molecule is CN(C)c1ccc(C(N)C2=CCCCCC2)cc1. The molecule has 1 atom stereocenters. The van der Waals surface area contributed by atoms with Crippen LogP contribution < -0.4 is 10.6 Å². The smallest absolute Gasteiger partial charge is 0.0510 e. The average molecular weight is 244 g/mol. The van der Waals surface area contributed by atoms with Crippen LogP contribution in [0.15, 0.2) is 35.9 Å². The van der Waals surface area contributed by atoms with E-state index in [0.29, 0.717) is 0 Å². The highest BCUT2D eigenvalue weighted by molar-refractivity contribution is 5.47. The summed E-state index contributed by atoms with van der Waals surface area (Å²) in [6, 6.07) is 8.69. The van der Waals surface area contributed by atoms with E-state index in [-0.39, 0.29) is 6.04 Å². The number of benzene rings is 1. The highest BCUT2D eigenvalue weighted by atomic mass is 15.1. The van der Waals surface area contributed by atoms with Gasteiger partial charge in [0.05, 0.1) is 6.04 Å². The van der Waals surface area contributed by atoms with Crippen LogP contribution in [-0.4, -0.2) is 14.1 Å². The number of allylic oxidation sites excluding steroid dienone is 1. The molecule has 98 valence electrons. The molecule has 2 nitrogen and oxygen atoms in total. The lowest BCUT2D eigenvalue weighted by Gasteiger charge is -2.18. The zero-order valence-electron chi connectivity index (χ0n) is 11.5. The molecule has 0 aromatic heterocycles. The van der Waals surface area contributed by atoms with Gasteiger partial charge in [-0.05, 0) is 43.4 Å². The van der Waals surface area contributed by atoms with Crippen LogP contribution in [-0.2, 0) is 0 Å². The minimum absolute atomic E-state index is 0.0827. The molecule has 0 radical (unpaired) electrons. The summed E-state index contributed by atoms with van der Waals surface area (Å²) in [5, 5.41) is 0. The average Bonchev–Trinajstić information content (AvgIpc) is 2.67. The van der Waals surface area contributed by atoms with Crippen LogP contribution in [0.1, 0.15) is 43.7 Å². The van der Waals surface area contributed by atoms with Gasteiger partial charge in [0, 0.05) is 19.8 Å². The molecule has 0 saturated carbocycles. The Kier molecular flexibility index (Phi) is 4.43. The first-order valence-electron chi connectivity index (χ1n) is 6.90. The van der Waals surface area contributed by atoms with E-state index in [1.165, 1.54) is 42.5 Å². The third-order valence-electron chi connectivity index (χ3n) is 3.74. The van der Waals surface area contributed by atoms with Gasteiger partial charge in [-0.2, -0.15) is 0 Å². The van der Waals surface area contributed by atoms with Gasteiger partial charge >= 0.3 is 0 Å². The molecule has 0 saturated heterocycles. The largest absolute Gasteiger partial charge is 0.378 e. The number of nitrogens with zero attached hydrogens (tertiary/aromatic N) is 1. The highest BCUT2D eigenvalue weighted by Gasteiger charge is 2.13. The van der Waals surface area contributed by atoms with E-state index in [9.17, 15) is 0 Å². The molecular weight excluding hydrogens is 220 g/mol. The van der Waals surface area contributed by atoms with Gasteiger partial charge in [-0.3, -0.25) is 0 Å². The Balaban J connectivity index is 2.12. The zero-order chi connectivity index (χ0) is 13.0. The second-order valence-electron chi connectivity index (χ2n) is 5.34. The van der Waals surface area contributed by atoms with Crippen molar-refractivity contribution < 1.29 is 0 Å². The monoisotopic (exact) mass is 244 g/mol. The Hall–Kier alpha value is -1.28. The molecule has 1 aromatic rings. The number of nitrogens with two attached hydrogens (primary N) is 1. The Morgan fingerprint density at radius 1 is 1.06 bits per heavy atom. The minimum Gasteiger partial charge on any atom is -0.378 e. The van der Waals surface area contributed by atoms with Crippen LogP contribution in [0, 0.1) is 0 Å². The van der Waals surface area contributed by atoms with Gasteiger partial charge in [-0.1, -0.05) is 30.2 Å². The molecule has 2 heteroatoms. The quantitative estimate of drug-likeness (QED) is 0.822. The van der Waals surface area contributed by atoms with Gasteiger partial charge < -0.3 is 10.6 Å². The van der Waals surface area contributed by atoms with E-state index in [0.717, 1.165) is 6.42 Å². The van der Waals surface area contributed by atoms with Gasteiger partial charge in [0.1, 0.15) is 0 Å². The van der Waals surface area contributed by atoms with E-state index in [4.69, 9.17) is 5.73 Å². The van der Waals surface area contributed by atoms with Crippen molar-refractivity contribution in [3.8, 4) is 0 Å². The molecule has 1 aliphatic carbocycles. The van der Waals surface area contributed by atoms with Crippen molar-refractivity contribution in [2.75, 3.05) is 19.0 Å². The summed E-state index contributed by atoms with van der Waals surface area (Å²) in [5.74, 6) is 0. The van der Waals surface area contributed by atoms with Crippen molar-refractivity contribution in [2.45, 2.75) is 38.1 Å². The topological polar surface area (TPSA) is 29.3 Å². The molecule has 1 unspecified atom stereocenters. The molecule has 0 spiro atoms. The molecule has 1 aliphatic rings. The summed E-state index contributed by atoms with van der Waals surface area (Å²) < 4.78 is 0. The van der Waals surface area contributed by atoms with Crippen molar-refractivity contribution in [2.24, 2.45) is 5.73 Å². The lowest BCUT2D eigenvalue weighted by molar-refractivity contribution is 0.688. The van der Waals surface area contributed by atoms with Crippen LogP contribution in [0.4, 0.5) is 5.69 Å². The molecule has 0 heterocycles. The maximum absolute atomic E-state index is 6.38. The summed E-state index contributed by atoms with van der Waals surface area (Å²) in [4.78, 5) is 2.11. The summed E-state index contributed by atoms with van der Waals surface area (Å²) in [6.07, 6.45) is 8.66. The van der Waals surface area contributed by atoms with Crippen LogP contribution in [0.25, 0.3) is 0 Å². The van der Waals surface area contributed by atoms with Gasteiger partial charge in [-0.25, -0.2) is 0 Å². The maximum Gasteiger partial charge on any atom is 0.0510 e. The van der Waals surface area contributed by atoms with E-state index < -0.39 is 0 Å². The van der Waals surface area contributed by atoms with E-state index >= 15 is 0 Å². The Bertz CT molecular complexity index is 404. The van der Waals surface area contributed by atoms with Crippen molar-refractivity contribution in [1.29, 1.82) is 0 Å². The van der Waals surface area contributed by atoms with E-state index in [1.807, 2.05) is 0 Å². The molecule has 1 aromatic carbocycles. The predicted molar refractivity (Wildman–Crippen MR) is 78.9 cm³/mol. The molecule has 2 rings (SSSR count). The van der Waals surface area contributed by atoms with Crippen LogP contribution >= 0.6 is 0 Å². The summed E-state index contributed by atoms with van der Waals surface area (Å²) in [6.45, 7) is 0. The highest BCUT2D eigenvalue weighted by Crippen LogP contribution is 2.28. The van der Waals surface area contributed by atoms with E-state index in [1.54, 1.807) is 0 Å². The molecular formula is C16H24N2. The fraction of sp³-hybridized carbons (Fsp3) is 0.500.